The predicted octanol–water partition coefficient (Wildman–Crippen LogP) is 2.67. The molecule has 0 bridgehead atoms. The molecule has 1 N–H and O–H groups in total. The van der Waals surface area contributed by atoms with Crippen LogP contribution in [0.1, 0.15) is 39.5 Å². The second-order valence-corrected chi connectivity index (χ2v) is 5.74. The zero-order valence-corrected chi connectivity index (χ0v) is 11.3. The van der Waals surface area contributed by atoms with Crippen molar-refractivity contribution in [3.63, 3.8) is 0 Å². The van der Waals surface area contributed by atoms with Crippen molar-refractivity contribution in [3.05, 3.63) is 0 Å². The minimum atomic E-state index is 0.309. The molecule has 0 aliphatic heterocycles. The standard InChI is InChI=1S/C12H25NOS/c1-9(10(2)14-3)13-11-5-7-12(15-4)8-6-11/h9-13H,5-8H2,1-4H3. The molecule has 15 heavy (non-hydrogen) atoms. The Morgan fingerprint density at radius 1 is 1.20 bits per heavy atom. The van der Waals surface area contributed by atoms with Crippen molar-refractivity contribution in [2.24, 2.45) is 0 Å². The summed E-state index contributed by atoms with van der Waals surface area (Å²) in [5.41, 5.74) is 0. The maximum Gasteiger partial charge on any atom is 0.0693 e. The Morgan fingerprint density at radius 2 is 1.80 bits per heavy atom. The van der Waals surface area contributed by atoms with Gasteiger partial charge in [-0.05, 0) is 45.8 Å². The highest BCUT2D eigenvalue weighted by Crippen LogP contribution is 2.27. The van der Waals surface area contributed by atoms with Crippen molar-refractivity contribution in [3.8, 4) is 0 Å². The topological polar surface area (TPSA) is 21.3 Å². The molecule has 2 unspecified atom stereocenters. The number of hydrogen-bond acceptors (Lipinski definition) is 3. The van der Waals surface area contributed by atoms with Crippen molar-refractivity contribution in [2.75, 3.05) is 13.4 Å². The number of methoxy groups -OCH3 is 1. The van der Waals surface area contributed by atoms with Gasteiger partial charge in [0.05, 0.1) is 6.10 Å². The third-order valence-electron chi connectivity index (χ3n) is 3.58. The lowest BCUT2D eigenvalue weighted by atomic mass is 9.94. The largest absolute Gasteiger partial charge is 0.380 e. The average molecular weight is 231 g/mol. The molecule has 0 spiro atoms. The molecular formula is C12H25NOS. The number of ether oxygens (including phenoxy) is 1. The van der Waals surface area contributed by atoms with Gasteiger partial charge in [0.25, 0.3) is 0 Å². The second kappa shape index (κ2) is 6.77. The third-order valence-corrected chi connectivity index (χ3v) is 4.72. The first kappa shape index (κ1) is 13.3. The zero-order valence-electron chi connectivity index (χ0n) is 10.5. The number of thioether (sulfide) groups is 1. The third kappa shape index (κ3) is 4.33. The molecule has 1 fully saturated rings. The second-order valence-electron chi connectivity index (χ2n) is 4.61. The van der Waals surface area contributed by atoms with E-state index in [1.165, 1.54) is 25.7 Å². The van der Waals surface area contributed by atoms with Crippen LogP contribution >= 0.6 is 11.8 Å². The molecule has 2 nitrogen and oxygen atoms in total. The lowest BCUT2D eigenvalue weighted by molar-refractivity contribution is 0.0822. The summed E-state index contributed by atoms with van der Waals surface area (Å²) in [6.45, 7) is 4.35. The van der Waals surface area contributed by atoms with Crippen LogP contribution in [0.15, 0.2) is 0 Å². The van der Waals surface area contributed by atoms with Gasteiger partial charge in [0, 0.05) is 24.4 Å². The Balaban J connectivity index is 2.23. The summed E-state index contributed by atoms with van der Waals surface area (Å²) in [6.07, 6.45) is 7.93. The average Bonchev–Trinajstić information content (AvgIpc) is 2.29. The van der Waals surface area contributed by atoms with Gasteiger partial charge >= 0.3 is 0 Å². The molecule has 1 aliphatic rings. The number of rotatable bonds is 5. The highest BCUT2D eigenvalue weighted by atomic mass is 32.2. The van der Waals surface area contributed by atoms with Crippen LogP contribution in [0.4, 0.5) is 0 Å². The van der Waals surface area contributed by atoms with Crippen molar-refractivity contribution in [2.45, 2.75) is 63.0 Å². The summed E-state index contributed by atoms with van der Waals surface area (Å²) in [5.74, 6) is 0. The monoisotopic (exact) mass is 231 g/mol. The van der Waals surface area contributed by atoms with E-state index in [1.54, 1.807) is 7.11 Å². The molecule has 0 heterocycles. The van der Waals surface area contributed by atoms with Crippen LogP contribution in [0, 0.1) is 0 Å². The van der Waals surface area contributed by atoms with Gasteiger partial charge in [-0.15, -0.1) is 0 Å². The molecule has 0 radical (unpaired) electrons. The fourth-order valence-corrected chi connectivity index (χ4v) is 2.92. The first-order valence-corrected chi connectivity index (χ1v) is 7.27. The van der Waals surface area contributed by atoms with Crippen LogP contribution in [-0.2, 0) is 4.74 Å². The zero-order chi connectivity index (χ0) is 11.3. The molecular weight excluding hydrogens is 206 g/mol. The summed E-state index contributed by atoms with van der Waals surface area (Å²) >= 11 is 2.03. The van der Waals surface area contributed by atoms with E-state index in [4.69, 9.17) is 4.74 Å². The SMILES string of the molecule is COC(C)C(C)NC1CCC(SC)CC1. The molecule has 2 atom stereocenters. The molecule has 0 amide bonds. The molecule has 0 aromatic heterocycles. The number of nitrogens with one attached hydrogen (secondary N) is 1. The van der Waals surface area contributed by atoms with Gasteiger partial charge < -0.3 is 10.1 Å². The summed E-state index contributed by atoms with van der Waals surface area (Å²) in [6, 6.07) is 1.17. The Morgan fingerprint density at radius 3 is 2.27 bits per heavy atom. The maximum absolute atomic E-state index is 5.33. The Kier molecular flexibility index (Phi) is 6.02. The van der Waals surface area contributed by atoms with Crippen LogP contribution in [0.2, 0.25) is 0 Å². The molecule has 0 aromatic rings. The van der Waals surface area contributed by atoms with Crippen LogP contribution < -0.4 is 5.32 Å². The minimum Gasteiger partial charge on any atom is -0.380 e. The van der Waals surface area contributed by atoms with Gasteiger partial charge in [-0.25, -0.2) is 0 Å². The maximum atomic E-state index is 5.33. The van der Waals surface area contributed by atoms with Crippen LogP contribution in [0.5, 0.6) is 0 Å². The Labute approximate surface area is 98.5 Å². The summed E-state index contributed by atoms with van der Waals surface area (Å²) in [4.78, 5) is 0. The van der Waals surface area contributed by atoms with E-state index in [0.29, 0.717) is 18.2 Å². The van der Waals surface area contributed by atoms with E-state index in [9.17, 15) is 0 Å². The van der Waals surface area contributed by atoms with Crippen molar-refractivity contribution < 1.29 is 4.74 Å². The molecule has 1 saturated carbocycles. The normalized spacial score (nSPS) is 31.2. The van der Waals surface area contributed by atoms with Crippen molar-refractivity contribution in [1.82, 2.24) is 5.32 Å². The van der Waals surface area contributed by atoms with E-state index in [1.807, 2.05) is 11.8 Å². The van der Waals surface area contributed by atoms with E-state index in [2.05, 4.69) is 25.4 Å². The molecule has 1 rings (SSSR count). The minimum absolute atomic E-state index is 0.309. The van der Waals surface area contributed by atoms with Gasteiger partial charge in [-0.2, -0.15) is 11.8 Å². The van der Waals surface area contributed by atoms with E-state index in [-0.39, 0.29) is 0 Å². The molecule has 0 aromatic carbocycles. The van der Waals surface area contributed by atoms with Crippen molar-refractivity contribution in [1.29, 1.82) is 0 Å². The predicted molar refractivity (Wildman–Crippen MR) is 68.6 cm³/mol. The van der Waals surface area contributed by atoms with Crippen LogP contribution in [-0.4, -0.2) is 36.8 Å². The number of hydrogen-bond donors (Lipinski definition) is 1. The van der Waals surface area contributed by atoms with Gasteiger partial charge in [-0.3, -0.25) is 0 Å². The lowest BCUT2D eigenvalue weighted by Gasteiger charge is -2.32. The Hall–Kier alpha value is 0.270. The molecule has 3 heteroatoms. The van der Waals surface area contributed by atoms with E-state index >= 15 is 0 Å². The van der Waals surface area contributed by atoms with Gasteiger partial charge in [-0.1, -0.05) is 0 Å². The van der Waals surface area contributed by atoms with Crippen LogP contribution in [0.3, 0.4) is 0 Å². The molecule has 90 valence electrons. The summed E-state index contributed by atoms with van der Waals surface area (Å²) < 4.78 is 5.33. The smallest absolute Gasteiger partial charge is 0.0693 e. The van der Waals surface area contributed by atoms with Gasteiger partial charge in [0.2, 0.25) is 0 Å². The Bertz CT molecular complexity index is 169. The fraction of sp³-hybridized carbons (Fsp3) is 1.00. The van der Waals surface area contributed by atoms with Gasteiger partial charge in [0.1, 0.15) is 0 Å². The lowest BCUT2D eigenvalue weighted by Crippen LogP contribution is -2.44. The first-order chi connectivity index (χ1) is 7.17. The van der Waals surface area contributed by atoms with Gasteiger partial charge in [0.15, 0.2) is 0 Å². The summed E-state index contributed by atoms with van der Waals surface area (Å²) in [5, 5.41) is 4.58. The molecule has 0 saturated heterocycles. The molecule has 1 aliphatic carbocycles. The first-order valence-electron chi connectivity index (χ1n) is 5.99. The quantitative estimate of drug-likeness (QED) is 0.786. The summed E-state index contributed by atoms with van der Waals surface area (Å²) in [7, 11) is 1.79. The van der Waals surface area contributed by atoms with Crippen molar-refractivity contribution >= 4 is 11.8 Å². The highest BCUT2D eigenvalue weighted by molar-refractivity contribution is 7.99. The highest BCUT2D eigenvalue weighted by Gasteiger charge is 2.22. The van der Waals surface area contributed by atoms with Crippen LogP contribution in [0.25, 0.3) is 0 Å². The van der Waals surface area contributed by atoms with E-state index < -0.39 is 0 Å². The fourth-order valence-electron chi connectivity index (χ4n) is 2.18. The van der Waals surface area contributed by atoms with E-state index in [0.717, 1.165) is 5.25 Å².